The van der Waals surface area contributed by atoms with Crippen molar-refractivity contribution in [2.45, 2.75) is 13.3 Å². The number of aromatic nitrogens is 2. The normalized spacial score (nSPS) is 9.92. The smallest absolute Gasteiger partial charge is 0.352 e. The van der Waals surface area contributed by atoms with Crippen molar-refractivity contribution in [3.8, 4) is 0 Å². The van der Waals surface area contributed by atoms with Crippen molar-refractivity contribution in [2.75, 3.05) is 0 Å². The quantitative estimate of drug-likeness (QED) is 0.613. The minimum atomic E-state index is -1.17. The molecule has 6 heteroatoms. The Kier molecular flexibility index (Phi) is 2.62. The molecule has 0 saturated carbocycles. The summed E-state index contributed by atoms with van der Waals surface area (Å²) in [5.74, 6) is -1.17. The summed E-state index contributed by atoms with van der Waals surface area (Å²) in [5.41, 5.74) is -0.360. The van der Waals surface area contributed by atoms with Crippen molar-refractivity contribution < 1.29 is 9.90 Å². The van der Waals surface area contributed by atoms with Crippen molar-refractivity contribution >= 4 is 18.2 Å². The Morgan fingerprint density at radius 1 is 1.54 bits per heavy atom. The molecule has 0 unspecified atom stereocenters. The Balaban J connectivity index is 3.57. The van der Waals surface area contributed by atoms with Crippen molar-refractivity contribution in [3.63, 3.8) is 0 Å². The van der Waals surface area contributed by atoms with Crippen LogP contribution in [0.1, 0.15) is 23.0 Å². The fourth-order valence-electron chi connectivity index (χ4n) is 1.03. The number of hydrogen-bond acceptors (Lipinski definition) is 3. The maximum Gasteiger partial charge on any atom is 0.352 e. The van der Waals surface area contributed by atoms with Crippen molar-refractivity contribution in [1.82, 2.24) is 9.97 Å². The van der Waals surface area contributed by atoms with Crippen LogP contribution in [-0.2, 0) is 6.42 Å². The van der Waals surface area contributed by atoms with Gasteiger partial charge in [-0.05, 0) is 18.6 Å². The van der Waals surface area contributed by atoms with Crippen molar-refractivity contribution in [1.29, 1.82) is 0 Å². The number of H-pyrrole nitrogens is 2. The van der Waals surface area contributed by atoms with E-state index in [0.717, 1.165) is 0 Å². The number of carboxylic acids is 1. The Bertz CT molecular complexity index is 446. The fourth-order valence-corrected chi connectivity index (χ4v) is 1.23. The molecule has 1 aromatic heterocycles. The zero-order chi connectivity index (χ0) is 10.0. The van der Waals surface area contributed by atoms with Crippen molar-refractivity contribution in [3.05, 3.63) is 26.4 Å². The van der Waals surface area contributed by atoms with E-state index in [0.29, 0.717) is 6.42 Å². The Morgan fingerprint density at radius 2 is 2.15 bits per heavy atom. The highest BCUT2D eigenvalue weighted by molar-refractivity contribution is 7.71. The maximum atomic E-state index is 11.2. The zero-order valence-corrected chi connectivity index (χ0v) is 7.70. The third-order valence-corrected chi connectivity index (χ3v) is 1.81. The molecule has 3 N–H and O–H groups in total. The average molecular weight is 200 g/mol. The Morgan fingerprint density at radius 3 is 2.62 bits per heavy atom. The molecular formula is C7H8N2O3S. The van der Waals surface area contributed by atoms with E-state index in [1.807, 2.05) is 0 Å². The van der Waals surface area contributed by atoms with Crippen molar-refractivity contribution in [2.24, 2.45) is 0 Å². The summed E-state index contributed by atoms with van der Waals surface area (Å²) in [6.45, 7) is 1.70. The number of rotatable bonds is 2. The van der Waals surface area contributed by atoms with Gasteiger partial charge in [0.2, 0.25) is 0 Å². The first kappa shape index (κ1) is 9.66. The molecule has 0 aliphatic heterocycles. The van der Waals surface area contributed by atoms with E-state index < -0.39 is 11.5 Å². The van der Waals surface area contributed by atoms with Gasteiger partial charge in [0.25, 0.3) is 5.56 Å². The molecule has 5 nitrogen and oxygen atoms in total. The van der Waals surface area contributed by atoms with Gasteiger partial charge in [0.1, 0.15) is 5.69 Å². The average Bonchev–Trinajstić information content (AvgIpc) is 2.02. The van der Waals surface area contributed by atoms with Gasteiger partial charge in [-0.3, -0.25) is 9.78 Å². The largest absolute Gasteiger partial charge is 0.477 e. The number of carbonyl (C=O) groups is 1. The van der Waals surface area contributed by atoms with Crippen LogP contribution in [0.25, 0.3) is 0 Å². The lowest BCUT2D eigenvalue weighted by atomic mass is 10.2. The second-order valence-corrected chi connectivity index (χ2v) is 2.83. The van der Waals surface area contributed by atoms with Crippen LogP contribution >= 0.6 is 12.2 Å². The molecule has 0 radical (unpaired) electrons. The molecule has 0 aliphatic rings. The molecule has 0 fully saturated rings. The molecule has 0 saturated heterocycles. The summed E-state index contributed by atoms with van der Waals surface area (Å²) < 4.78 is 0.0274. The van der Waals surface area contributed by atoms with Gasteiger partial charge < -0.3 is 10.1 Å². The first-order valence-electron chi connectivity index (χ1n) is 3.65. The van der Waals surface area contributed by atoms with Gasteiger partial charge in [0, 0.05) is 5.56 Å². The number of hydrogen-bond donors (Lipinski definition) is 3. The first-order valence-corrected chi connectivity index (χ1v) is 4.05. The third-order valence-electron chi connectivity index (χ3n) is 1.61. The highest BCUT2D eigenvalue weighted by atomic mass is 32.1. The van der Waals surface area contributed by atoms with Gasteiger partial charge in [0.05, 0.1) is 0 Å². The van der Waals surface area contributed by atoms with Gasteiger partial charge in [-0.2, -0.15) is 0 Å². The minimum absolute atomic E-state index is 0.0274. The van der Waals surface area contributed by atoms with Crippen LogP contribution in [0.3, 0.4) is 0 Å². The van der Waals surface area contributed by atoms with Crippen LogP contribution in [0.5, 0.6) is 0 Å². The fraction of sp³-hybridized carbons (Fsp3) is 0.286. The van der Waals surface area contributed by atoms with E-state index in [1.54, 1.807) is 6.92 Å². The molecule has 0 atom stereocenters. The van der Waals surface area contributed by atoms with E-state index in [-0.39, 0.29) is 16.0 Å². The predicted molar refractivity (Wildman–Crippen MR) is 48.6 cm³/mol. The third kappa shape index (κ3) is 1.83. The zero-order valence-electron chi connectivity index (χ0n) is 6.88. The molecule has 0 bridgehead atoms. The Labute approximate surface area is 78.4 Å². The lowest BCUT2D eigenvalue weighted by molar-refractivity contribution is 0.0688. The second kappa shape index (κ2) is 3.53. The SMILES string of the molecule is CCc1c(C(=O)O)[nH]c(=S)[nH]c1=O. The molecule has 1 aromatic rings. The summed E-state index contributed by atoms with van der Waals surface area (Å²) in [6.07, 6.45) is 0.350. The standard InChI is InChI=1S/C7H8N2O3S/c1-2-3-4(6(11)12)8-7(13)9-5(3)10/h2H2,1H3,(H,11,12)(H2,8,9,10,13). The van der Waals surface area contributed by atoms with E-state index in [9.17, 15) is 9.59 Å². The molecule has 1 rings (SSSR count). The van der Waals surface area contributed by atoms with Crippen LogP contribution in [-0.4, -0.2) is 21.0 Å². The van der Waals surface area contributed by atoms with Crippen LogP contribution < -0.4 is 5.56 Å². The molecule has 13 heavy (non-hydrogen) atoms. The van der Waals surface area contributed by atoms with E-state index >= 15 is 0 Å². The summed E-state index contributed by atoms with van der Waals surface area (Å²) in [6, 6.07) is 0. The van der Waals surface area contributed by atoms with Crippen LogP contribution in [0.15, 0.2) is 4.79 Å². The Hall–Kier alpha value is -1.43. The lowest BCUT2D eigenvalue weighted by Crippen LogP contribution is -2.20. The first-order chi connectivity index (χ1) is 6.06. The monoisotopic (exact) mass is 200 g/mol. The van der Waals surface area contributed by atoms with Crippen LogP contribution in [0.4, 0.5) is 0 Å². The number of aromatic carboxylic acids is 1. The summed E-state index contributed by atoms with van der Waals surface area (Å²) in [4.78, 5) is 26.6. The molecular weight excluding hydrogens is 192 g/mol. The number of aromatic amines is 2. The molecule has 0 aromatic carbocycles. The van der Waals surface area contributed by atoms with E-state index in [4.69, 9.17) is 5.11 Å². The summed E-state index contributed by atoms with van der Waals surface area (Å²) in [7, 11) is 0. The maximum absolute atomic E-state index is 11.2. The van der Waals surface area contributed by atoms with E-state index in [2.05, 4.69) is 22.2 Å². The predicted octanol–water partition coefficient (Wildman–Crippen LogP) is 0.693. The molecule has 0 amide bonds. The topological polar surface area (TPSA) is 85.9 Å². The molecule has 0 aliphatic carbocycles. The van der Waals surface area contributed by atoms with Gasteiger partial charge >= 0.3 is 5.97 Å². The van der Waals surface area contributed by atoms with Gasteiger partial charge in [-0.1, -0.05) is 6.92 Å². The summed E-state index contributed by atoms with van der Waals surface area (Å²) >= 11 is 4.64. The highest BCUT2D eigenvalue weighted by Gasteiger charge is 2.12. The van der Waals surface area contributed by atoms with Crippen LogP contribution in [0, 0.1) is 4.77 Å². The number of carboxylic acid groups (broad SMARTS) is 1. The molecule has 1 heterocycles. The summed E-state index contributed by atoms with van der Waals surface area (Å²) in [5, 5.41) is 8.72. The van der Waals surface area contributed by atoms with E-state index in [1.165, 1.54) is 0 Å². The molecule has 70 valence electrons. The van der Waals surface area contributed by atoms with Gasteiger partial charge in [-0.25, -0.2) is 4.79 Å². The molecule has 0 spiro atoms. The highest BCUT2D eigenvalue weighted by Crippen LogP contribution is 1.99. The van der Waals surface area contributed by atoms with Gasteiger partial charge in [0.15, 0.2) is 4.77 Å². The number of nitrogens with one attached hydrogen (secondary N) is 2. The lowest BCUT2D eigenvalue weighted by Gasteiger charge is -2.00. The second-order valence-electron chi connectivity index (χ2n) is 2.42. The van der Waals surface area contributed by atoms with Gasteiger partial charge in [-0.15, -0.1) is 0 Å². The minimum Gasteiger partial charge on any atom is -0.477 e. The van der Waals surface area contributed by atoms with Crippen LogP contribution in [0.2, 0.25) is 0 Å².